The zero-order valence-electron chi connectivity index (χ0n) is 11.0. The fourth-order valence-electron chi connectivity index (χ4n) is 1.58. The normalized spacial score (nSPS) is 11.6. The van der Waals surface area contributed by atoms with Gasteiger partial charge >= 0.3 is 0 Å². The van der Waals surface area contributed by atoms with Gasteiger partial charge in [0, 0.05) is 25.8 Å². The number of aliphatic hydroxyl groups is 1. The molecule has 0 saturated heterocycles. The lowest BCUT2D eigenvalue weighted by molar-refractivity contribution is 0.0313. The maximum absolute atomic E-state index is 11.8. The standard InChI is InChI=1S/C12H22N4O2/c1-3-12(18,4-2)8-14-11(17)10-7-16(6-5-13)9-15-10/h7,9,18H,3-6,8,13H2,1-2H3,(H,14,17). The average Bonchev–Trinajstić information content (AvgIpc) is 2.85. The van der Waals surface area contributed by atoms with E-state index in [0.717, 1.165) is 0 Å². The fourth-order valence-corrected chi connectivity index (χ4v) is 1.58. The van der Waals surface area contributed by atoms with E-state index in [0.29, 0.717) is 31.6 Å². The molecule has 0 radical (unpaired) electrons. The summed E-state index contributed by atoms with van der Waals surface area (Å²) in [6.07, 6.45) is 4.43. The van der Waals surface area contributed by atoms with Crippen LogP contribution in [-0.2, 0) is 6.54 Å². The largest absolute Gasteiger partial charge is 0.388 e. The SMILES string of the molecule is CCC(O)(CC)CNC(=O)c1cn(CCN)cn1. The number of amides is 1. The molecule has 6 nitrogen and oxygen atoms in total. The monoisotopic (exact) mass is 254 g/mol. The van der Waals surface area contributed by atoms with E-state index in [2.05, 4.69) is 10.3 Å². The lowest BCUT2D eigenvalue weighted by Crippen LogP contribution is -2.42. The van der Waals surface area contributed by atoms with Crippen molar-refractivity contribution < 1.29 is 9.90 Å². The van der Waals surface area contributed by atoms with Crippen molar-refractivity contribution >= 4 is 5.91 Å². The molecule has 0 saturated carbocycles. The second kappa shape index (κ2) is 6.51. The average molecular weight is 254 g/mol. The molecule has 0 unspecified atom stereocenters. The number of nitrogens with one attached hydrogen (secondary N) is 1. The number of nitrogens with two attached hydrogens (primary N) is 1. The van der Waals surface area contributed by atoms with Crippen molar-refractivity contribution in [3.63, 3.8) is 0 Å². The summed E-state index contributed by atoms with van der Waals surface area (Å²) in [6.45, 7) is 5.16. The molecular weight excluding hydrogens is 232 g/mol. The van der Waals surface area contributed by atoms with Crippen molar-refractivity contribution in [1.29, 1.82) is 0 Å². The van der Waals surface area contributed by atoms with Gasteiger partial charge in [-0.25, -0.2) is 4.98 Å². The summed E-state index contributed by atoms with van der Waals surface area (Å²) in [7, 11) is 0. The highest BCUT2D eigenvalue weighted by Crippen LogP contribution is 2.13. The molecule has 1 heterocycles. The van der Waals surface area contributed by atoms with Crippen LogP contribution in [0.1, 0.15) is 37.2 Å². The zero-order chi connectivity index (χ0) is 13.6. The number of hydrogen-bond acceptors (Lipinski definition) is 4. The predicted molar refractivity (Wildman–Crippen MR) is 69.1 cm³/mol. The van der Waals surface area contributed by atoms with Crippen LogP contribution in [0.5, 0.6) is 0 Å². The van der Waals surface area contributed by atoms with E-state index < -0.39 is 5.60 Å². The van der Waals surface area contributed by atoms with Crippen LogP contribution in [0.15, 0.2) is 12.5 Å². The molecule has 0 fully saturated rings. The molecule has 0 spiro atoms. The summed E-state index contributed by atoms with van der Waals surface area (Å²) in [5, 5.41) is 12.8. The van der Waals surface area contributed by atoms with E-state index in [-0.39, 0.29) is 12.5 Å². The third-order valence-corrected chi connectivity index (χ3v) is 3.15. The van der Waals surface area contributed by atoms with Gasteiger partial charge in [0.05, 0.1) is 11.9 Å². The Hall–Kier alpha value is -1.40. The molecule has 0 aromatic carbocycles. The van der Waals surface area contributed by atoms with Crippen LogP contribution in [-0.4, -0.2) is 39.3 Å². The van der Waals surface area contributed by atoms with Crippen LogP contribution < -0.4 is 11.1 Å². The number of imidazole rings is 1. The molecule has 1 amide bonds. The van der Waals surface area contributed by atoms with Crippen molar-refractivity contribution in [2.75, 3.05) is 13.1 Å². The number of carbonyl (C=O) groups excluding carboxylic acids is 1. The van der Waals surface area contributed by atoms with Crippen LogP contribution in [0.25, 0.3) is 0 Å². The zero-order valence-corrected chi connectivity index (χ0v) is 11.0. The van der Waals surface area contributed by atoms with E-state index in [1.165, 1.54) is 0 Å². The molecule has 4 N–H and O–H groups in total. The lowest BCUT2D eigenvalue weighted by atomic mass is 9.97. The minimum atomic E-state index is -0.838. The number of aromatic nitrogens is 2. The highest BCUT2D eigenvalue weighted by molar-refractivity contribution is 5.92. The topological polar surface area (TPSA) is 93.2 Å². The van der Waals surface area contributed by atoms with Gasteiger partial charge in [-0.2, -0.15) is 0 Å². The molecule has 0 bridgehead atoms. The quantitative estimate of drug-likeness (QED) is 0.644. The first-order valence-corrected chi connectivity index (χ1v) is 6.27. The maximum atomic E-state index is 11.8. The summed E-state index contributed by atoms with van der Waals surface area (Å²) >= 11 is 0. The molecule has 1 rings (SSSR count). The second-order valence-corrected chi connectivity index (χ2v) is 4.40. The van der Waals surface area contributed by atoms with Crippen molar-refractivity contribution in [2.45, 2.75) is 38.8 Å². The predicted octanol–water partition coefficient (Wildman–Crippen LogP) is 0.123. The summed E-state index contributed by atoms with van der Waals surface area (Å²) in [5.74, 6) is -0.272. The van der Waals surface area contributed by atoms with E-state index in [9.17, 15) is 9.90 Å². The number of nitrogens with zero attached hydrogens (tertiary/aromatic N) is 2. The van der Waals surface area contributed by atoms with Crippen LogP contribution in [0, 0.1) is 0 Å². The van der Waals surface area contributed by atoms with Gasteiger partial charge in [0.2, 0.25) is 0 Å². The fraction of sp³-hybridized carbons (Fsp3) is 0.667. The third kappa shape index (κ3) is 3.82. The second-order valence-electron chi connectivity index (χ2n) is 4.40. The Bertz CT molecular complexity index is 385. The van der Waals surface area contributed by atoms with Crippen LogP contribution in [0.2, 0.25) is 0 Å². The van der Waals surface area contributed by atoms with Crippen LogP contribution in [0.4, 0.5) is 0 Å². The molecule has 102 valence electrons. The third-order valence-electron chi connectivity index (χ3n) is 3.15. The summed E-state index contributed by atoms with van der Waals surface area (Å²) in [6, 6.07) is 0. The first-order chi connectivity index (χ1) is 8.54. The van der Waals surface area contributed by atoms with Crippen LogP contribution in [0.3, 0.4) is 0 Å². The molecule has 0 aliphatic rings. The first kappa shape index (κ1) is 14.7. The van der Waals surface area contributed by atoms with E-state index in [4.69, 9.17) is 5.73 Å². The molecule has 1 aromatic rings. The van der Waals surface area contributed by atoms with Crippen molar-refractivity contribution in [2.24, 2.45) is 5.73 Å². The molecule has 0 aliphatic heterocycles. The number of hydrogen-bond donors (Lipinski definition) is 3. The Morgan fingerprint density at radius 1 is 1.56 bits per heavy atom. The number of carbonyl (C=O) groups is 1. The lowest BCUT2D eigenvalue weighted by Gasteiger charge is -2.25. The van der Waals surface area contributed by atoms with Gasteiger partial charge in [-0.3, -0.25) is 4.79 Å². The Morgan fingerprint density at radius 3 is 2.78 bits per heavy atom. The van der Waals surface area contributed by atoms with Gasteiger partial charge < -0.3 is 20.7 Å². The van der Waals surface area contributed by atoms with Gasteiger partial charge in [0.25, 0.3) is 5.91 Å². The Kier molecular flexibility index (Phi) is 5.30. The molecular formula is C12H22N4O2. The molecule has 18 heavy (non-hydrogen) atoms. The van der Waals surface area contributed by atoms with Crippen molar-refractivity contribution in [3.8, 4) is 0 Å². The summed E-state index contributed by atoms with van der Waals surface area (Å²) < 4.78 is 1.76. The Morgan fingerprint density at radius 2 is 2.22 bits per heavy atom. The van der Waals surface area contributed by atoms with E-state index in [1.54, 1.807) is 17.1 Å². The molecule has 0 aliphatic carbocycles. The van der Waals surface area contributed by atoms with Gasteiger partial charge in [-0.15, -0.1) is 0 Å². The molecule has 1 aromatic heterocycles. The Labute approximate surface area is 107 Å². The van der Waals surface area contributed by atoms with Gasteiger partial charge in [0.1, 0.15) is 5.69 Å². The van der Waals surface area contributed by atoms with E-state index >= 15 is 0 Å². The highest BCUT2D eigenvalue weighted by Gasteiger charge is 2.23. The minimum absolute atomic E-state index is 0.239. The smallest absolute Gasteiger partial charge is 0.271 e. The number of rotatable bonds is 7. The van der Waals surface area contributed by atoms with Gasteiger partial charge in [-0.1, -0.05) is 13.8 Å². The molecule has 0 atom stereocenters. The summed E-state index contributed by atoms with van der Waals surface area (Å²) in [4.78, 5) is 15.8. The van der Waals surface area contributed by atoms with E-state index in [1.807, 2.05) is 13.8 Å². The van der Waals surface area contributed by atoms with Gasteiger partial charge in [0.15, 0.2) is 0 Å². The minimum Gasteiger partial charge on any atom is -0.388 e. The van der Waals surface area contributed by atoms with Crippen LogP contribution >= 0.6 is 0 Å². The van der Waals surface area contributed by atoms with Crippen molar-refractivity contribution in [3.05, 3.63) is 18.2 Å². The highest BCUT2D eigenvalue weighted by atomic mass is 16.3. The maximum Gasteiger partial charge on any atom is 0.271 e. The molecule has 6 heteroatoms. The van der Waals surface area contributed by atoms with Crippen molar-refractivity contribution in [1.82, 2.24) is 14.9 Å². The summed E-state index contributed by atoms with van der Waals surface area (Å²) in [5.41, 5.74) is 4.92. The Balaban J connectivity index is 2.54. The van der Waals surface area contributed by atoms with Gasteiger partial charge in [-0.05, 0) is 12.8 Å². The first-order valence-electron chi connectivity index (χ1n) is 6.27.